The van der Waals surface area contributed by atoms with E-state index in [4.69, 9.17) is 16.3 Å². The molecule has 0 aliphatic rings. The second kappa shape index (κ2) is 9.68. The van der Waals surface area contributed by atoms with E-state index in [0.717, 1.165) is 26.8 Å². The molecule has 0 bridgehead atoms. The van der Waals surface area contributed by atoms with E-state index in [1.165, 1.54) is 26.2 Å². The molecule has 0 saturated carbocycles. The number of sulfonamides is 1. The Morgan fingerprint density at radius 2 is 1.69 bits per heavy atom. The molecule has 0 aromatic heterocycles. The number of nitrogens with zero attached hydrogens (tertiary/aromatic N) is 2. The Kier molecular flexibility index (Phi) is 7.18. The van der Waals surface area contributed by atoms with Crippen molar-refractivity contribution in [3.8, 4) is 0 Å². The van der Waals surface area contributed by atoms with Crippen LogP contribution in [0.2, 0.25) is 5.02 Å². The molecule has 0 fully saturated rings. The number of likely N-dealkylation sites (N-methyl/N-ethyl adjacent to an activating group) is 1. The van der Waals surface area contributed by atoms with Gasteiger partial charge >= 0.3 is 5.97 Å². The normalized spacial score (nSPS) is 11.5. The zero-order chi connectivity index (χ0) is 23.5. The number of esters is 1. The van der Waals surface area contributed by atoms with E-state index in [0.29, 0.717) is 6.54 Å². The van der Waals surface area contributed by atoms with Gasteiger partial charge in [-0.25, -0.2) is 17.5 Å². The highest BCUT2D eigenvalue weighted by Crippen LogP contribution is 2.27. The molecule has 0 unspecified atom stereocenters. The van der Waals surface area contributed by atoms with Crippen LogP contribution in [0.3, 0.4) is 0 Å². The summed E-state index contributed by atoms with van der Waals surface area (Å²) in [5.41, 5.74) is 0.702. The van der Waals surface area contributed by atoms with Crippen molar-refractivity contribution in [2.24, 2.45) is 0 Å². The zero-order valence-corrected chi connectivity index (χ0v) is 19.5. The van der Waals surface area contributed by atoms with Crippen molar-refractivity contribution in [1.82, 2.24) is 4.31 Å². The van der Waals surface area contributed by atoms with Gasteiger partial charge in [-0.05, 0) is 36.6 Å². The largest absolute Gasteiger partial charge is 0.452 e. The molecule has 3 aromatic rings. The molecule has 0 heterocycles. The average molecular weight is 475 g/mol. The number of anilines is 1. The molecule has 3 aromatic carbocycles. The molecule has 0 atom stereocenters. The number of halogens is 1. The second-order valence-corrected chi connectivity index (χ2v) is 9.67. The number of amides is 1. The number of hydrogen-bond donors (Lipinski definition) is 0. The standard InChI is InChI=1S/C23H23ClN2O5S/c1-4-26(20-11-7-9-16-8-5-6-10-18(16)20)22(27)15-31-23(28)17-12-13-19(24)21(14-17)32(29,30)25(2)3/h5-14H,4,15H2,1-3H3. The van der Waals surface area contributed by atoms with Crippen molar-refractivity contribution in [1.29, 1.82) is 0 Å². The topological polar surface area (TPSA) is 84.0 Å². The van der Waals surface area contributed by atoms with Gasteiger partial charge in [0.1, 0.15) is 4.90 Å². The van der Waals surface area contributed by atoms with Crippen LogP contribution in [-0.4, -0.2) is 51.8 Å². The van der Waals surface area contributed by atoms with Crippen LogP contribution in [0.25, 0.3) is 10.8 Å². The third kappa shape index (κ3) is 4.77. The van der Waals surface area contributed by atoms with Crippen molar-refractivity contribution in [3.05, 3.63) is 71.2 Å². The Labute approximate surface area is 192 Å². The van der Waals surface area contributed by atoms with E-state index in [1.54, 1.807) is 4.90 Å². The van der Waals surface area contributed by atoms with Crippen LogP contribution in [0.1, 0.15) is 17.3 Å². The van der Waals surface area contributed by atoms with Gasteiger partial charge < -0.3 is 9.64 Å². The fourth-order valence-corrected chi connectivity index (χ4v) is 4.63. The number of rotatable bonds is 7. The molecular weight excluding hydrogens is 452 g/mol. The fraction of sp³-hybridized carbons (Fsp3) is 0.217. The molecule has 9 heteroatoms. The number of hydrogen-bond acceptors (Lipinski definition) is 5. The second-order valence-electron chi connectivity index (χ2n) is 7.15. The van der Waals surface area contributed by atoms with Gasteiger partial charge in [0.2, 0.25) is 10.0 Å². The first-order chi connectivity index (χ1) is 15.2. The van der Waals surface area contributed by atoms with Crippen molar-refractivity contribution in [2.45, 2.75) is 11.8 Å². The lowest BCUT2D eigenvalue weighted by Crippen LogP contribution is -2.34. The minimum absolute atomic E-state index is 0.0144. The first-order valence-corrected chi connectivity index (χ1v) is 11.7. The maximum Gasteiger partial charge on any atom is 0.338 e. The Morgan fingerprint density at radius 1 is 1.00 bits per heavy atom. The molecule has 0 spiro atoms. The third-order valence-electron chi connectivity index (χ3n) is 4.93. The van der Waals surface area contributed by atoms with Gasteiger partial charge in [0.25, 0.3) is 5.91 Å². The van der Waals surface area contributed by atoms with Crippen LogP contribution < -0.4 is 4.90 Å². The average Bonchev–Trinajstić information content (AvgIpc) is 2.78. The molecule has 0 aliphatic carbocycles. The number of fused-ring (bicyclic) bond motifs is 1. The van der Waals surface area contributed by atoms with Crippen LogP contribution >= 0.6 is 11.6 Å². The Morgan fingerprint density at radius 3 is 2.38 bits per heavy atom. The van der Waals surface area contributed by atoms with E-state index in [2.05, 4.69) is 0 Å². The fourth-order valence-electron chi connectivity index (χ4n) is 3.24. The highest BCUT2D eigenvalue weighted by atomic mass is 35.5. The van der Waals surface area contributed by atoms with Gasteiger partial charge in [-0.1, -0.05) is 48.0 Å². The third-order valence-corrected chi connectivity index (χ3v) is 7.22. The number of carbonyl (C=O) groups excluding carboxylic acids is 2. The van der Waals surface area contributed by atoms with Gasteiger partial charge in [0.05, 0.1) is 16.3 Å². The van der Waals surface area contributed by atoms with Gasteiger partial charge in [0.15, 0.2) is 6.61 Å². The molecule has 32 heavy (non-hydrogen) atoms. The summed E-state index contributed by atoms with van der Waals surface area (Å²) in [6, 6.07) is 17.2. The van der Waals surface area contributed by atoms with Crippen molar-refractivity contribution in [3.63, 3.8) is 0 Å². The van der Waals surface area contributed by atoms with E-state index >= 15 is 0 Å². The number of benzene rings is 3. The summed E-state index contributed by atoms with van der Waals surface area (Å²) in [5.74, 6) is -1.22. The predicted molar refractivity (Wildman–Crippen MR) is 125 cm³/mol. The SMILES string of the molecule is CCN(C(=O)COC(=O)c1ccc(Cl)c(S(=O)(=O)N(C)C)c1)c1cccc2ccccc12. The van der Waals surface area contributed by atoms with E-state index in [9.17, 15) is 18.0 Å². The van der Waals surface area contributed by atoms with Crippen LogP contribution in [0.15, 0.2) is 65.6 Å². The smallest absolute Gasteiger partial charge is 0.338 e. The molecule has 0 radical (unpaired) electrons. The maximum atomic E-state index is 12.8. The van der Waals surface area contributed by atoms with Crippen molar-refractivity contribution < 1.29 is 22.7 Å². The molecule has 168 valence electrons. The van der Waals surface area contributed by atoms with Crippen LogP contribution in [0.5, 0.6) is 0 Å². The summed E-state index contributed by atoms with van der Waals surface area (Å²) in [7, 11) is -1.12. The summed E-state index contributed by atoms with van der Waals surface area (Å²) >= 11 is 6.01. The highest BCUT2D eigenvalue weighted by Gasteiger charge is 2.24. The van der Waals surface area contributed by atoms with E-state index in [1.807, 2.05) is 49.4 Å². The minimum Gasteiger partial charge on any atom is -0.452 e. The predicted octanol–water partition coefficient (Wildman–Crippen LogP) is 3.95. The van der Waals surface area contributed by atoms with Crippen LogP contribution in [0, 0.1) is 0 Å². The van der Waals surface area contributed by atoms with Gasteiger partial charge in [0, 0.05) is 26.0 Å². The summed E-state index contributed by atoms with van der Waals surface area (Å²) in [5, 5.41) is 1.89. The minimum atomic E-state index is -3.85. The lowest BCUT2D eigenvalue weighted by atomic mass is 10.1. The summed E-state index contributed by atoms with van der Waals surface area (Å²) < 4.78 is 31.0. The Balaban J connectivity index is 1.79. The van der Waals surface area contributed by atoms with E-state index < -0.39 is 28.5 Å². The zero-order valence-electron chi connectivity index (χ0n) is 17.9. The van der Waals surface area contributed by atoms with Gasteiger partial charge in [-0.2, -0.15) is 0 Å². The molecular formula is C23H23ClN2O5S. The first-order valence-electron chi connectivity index (χ1n) is 9.84. The Hall–Kier alpha value is -2.94. The lowest BCUT2D eigenvalue weighted by Gasteiger charge is -2.22. The molecule has 0 saturated heterocycles. The Bertz CT molecular complexity index is 1270. The molecule has 0 aliphatic heterocycles. The van der Waals surface area contributed by atoms with E-state index in [-0.39, 0.29) is 15.5 Å². The maximum absolute atomic E-state index is 12.8. The summed E-state index contributed by atoms with van der Waals surface area (Å²) in [4.78, 5) is 26.7. The first kappa shape index (κ1) is 23.7. The quantitative estimate of drug-likeness (QED) is 0.484. The summed E-state index contributed by atoms with van der Waals surface area (Å²) in [6.45, 7) is 1.73. The number of ether oxygens (including phenoxy) is 1. The van der Waals surface area contributed by atoms with Crippen molar-refractivity contribution in [2.75, 3.05) is 32.1 Å². The lowest BCUT2D eigenvalue weighted by molar-refractivity contribution is -0.121. The van der Waals surface area contributed by atoms with Crippen LogP contribution in [-0.2, 0) is 19.6 Å². The molecule has 1 amide bonds. The van der Waals surface area contributed by atoms with Crippen molar-refractivity contribution >= 4 is 50.0 Å². The van der Waals surface area contributed by atoms with Gasteiger partial charge in [-0.15, -0.1) is 0 Å². The summed E-state index contributed by atoms with van der Waals surface area (Å²) in [6.07, 6.45) is 0. The molecule has 0 N–H and O–H groups in total. The van der Waals surface area contributed by atoms with Gasteiger partial charge in [-0.3, -0.25) is 4.79 Å². The van der Waals surface area contributed by atoms with Crippen LogP contribution in [0.4, 0.5) is 5.69 Å². The number of carbonyl (C=O) groups is 2. The monoisotopic (exact) mass is 474 g/mol. The molecule has 3 rings (SSSR count). The highest BCUT2D eigenvalue weighted by molar-refractivity contribution is 7.89. The molecule has 7 nitrogen and oxygen atoms in total.